The molecule has 6 nitrogen and oxygen atoms in total. The van der Waals surface area contributed by atoms with Crippen LogP contribution in [0.3, 0.4) is 0 Å². The minimum atomic E-state index is -4.98. The third-order valence-electron chi connectivity index (χ3n) is 3.63. The smallest absolute Gasteiger partial charge is 0.404 e. The number of hydrogen-bond acceptors (Lipinski definition) is 5. The van der Waals surface area contributed by atoms with Crippen LogP contribution >= 0.6 is 0 Å². The molecule has 10 heteroatoms. The van der Waals surface area contributed by atoms with Gasteiger partial charge in [0, 0.05) is 32.7 Å². The lowest BCUT2D eigenvalue weighted by atomic mass is 10.1. The van der Waals surface area contributed by atoms with Gasteiger partial charge in [0.1, 0.15) is 10.6 Å². The van der Waals surface area contributed by atoms with Crippen molar-refractivity contribution in [2.24, 2.45) is 0 Å². The monoisotopic (exact) mass is 382 g/mol. The highest BCUT2D eigenvalue weighted by atomic mass is 32.2. The van der Waals surface area contributed by atoms with Crippen LogP contribution in [0.25, 0.3) is 0 Å². The molecule has 1 aromatic rings. The summed E-state index contributed by atoms with van der Waals surface area (Å²) in [6.07, 6.45) is -4.98. The van der Waals surface area contributed by atoms with E-state index in [1.807, 2.05) is 4.90 Å². The van der Waals surface area contributed by atoms with Crippen LogP contribution in [-0.4, -0.2) is 67.4 Å². The van der Waals surface area contributed by atoms with Crippen LogP contribution in [0.5, 0.6) is 5.75 Å². The van der Waals surface area contributed by atoms with E-state index in [1.54, 1.807) is 13.8 Å². The fourth-order valence-electron chi connectivity index (χ4n) is 2.69. The van der Waals surface area contributed by atoms with Gasteiger partial charge < -0.3 is 9.84 Å². The second-order valence-electron chi connectivity index (χ2n) is 6.49. The second kappa shape index (κ2) is 7.10. The van der Waals surface area contributed by atoms with Gasteiger partial charge in [0.2, 0.25) is 10.0 Å². The summed E-state index contributed by atoms with van der Waals surface area (Å²) in [5.74, 6) is -0.742. The molecule has 0 atom stereocenters. The maximum absolute atomic E-state index is 12.7. The maximum atomic E-state index is 12.7. The molecule has 2 rings (SSSR count). The highest BCUT2D eigenvalue weighted by Crippen LogP contribution is 2.31. The lowest BCUT2D eigenvalue weighted by Gasteiger charge is -2.36. The van der Waals surface area contributed by atoms with E-state index in [1.165, 1.54) is 12.1 Å². The molecule has 1 saturated heterocycles. The zero-order valence-electron chi connectivity index (χ0n) is 14.0. The lowest BCUT2D eigenvalue weighted by molar-refractivity contribution is -0.275. The molecular weight excluding hydrogens is 361 g/mol. The van der Waals surface area contributed by atoms with Gasteiger partial charge in [-0.3, -0.25) is 4.90 Å². The number of piperazine rings is 1. The number of para-hydroxylation sites is 1. The quantitative estimate of drug-likeness (QED) is 0.839. The van der Waals surface area contributed by atoms with Gasteiger partial charge in [-0.25, -0.2) is 8.42 Å². The fraction of sp³-hybridized carbons (Fsp3) is 0.600. The van der Waals surface area contributed by atoms with Crippen molar-refractivity contribution in [3.8, 4) is 5.75 Å². The van der Waals surface area contributed by atoms with E-state index < -0.39 is 32.6 Å². The first-order valence-corrected chi connectivity index (χ1v) is 9.12. The van der Waals surface area contributed by atoms with Gasteiger partial charge >= 0.3 is 6.36 Å². The van der Waals surface area contributed by atoms with E-state index in [2.05, 4.69) is 4.74 Å². The Morgan fingerprint density at radius 2 is 1.68 bits per heavy atom. The lowest BCUT2D eigenvalue weighted by Crippen LogP contribution is -2.51. The normalized spacial score (nSPS) is 18.3. The van der Waals surface area contributed by atoms with Crippen molar-refractivity contribution in [1.82, 2.24) is 9.21 Å². The van der Waals surface area contributed by atoms with Crippen molar-refractivity contribution in [2.75, 3.05) is 32.7 Å². The van der Waals surface area contributed by atoms with Gasteiger partial charge in [-0.15, -0.1) is 13.2 Å². The van der Waals surface area contributed by atoms with Crippen molar-refractivity contribution in [3.05, 3.63) is 24.3 Å². The maximum Gasteiger partial charge on any atom is 0.573 e. The molecule has 1 N–H and O–H groups in total. The number of rotatable bonds is 5. The molecule has 0 aromatic heterocycles. The number of alkyl halides is 3. The largest absolute Gasteiger partial charge is 0.573 e. The zero-order valence-corrected chi connectivity index (χ0v) is 14.8. The summed E-state index contributed by atoms with van der Waals surface area (Å²) in [6.45, 7) is 4.70. The summed E-state index contributed by atoms with van der Waals surface area (Å²) in [5, 5.41) is 9.82. The Kier molecular flexibility index (Phi) is 5.67. The Balaban J connectivity index is 2.16. The SMILES string of the molecule is CC(C)(O)CN1CCN(S(=O)(=O)c2ccccc2OC(F)(F)F)CC1. The molecule has 0 unspecified atom stereocenters. The number of ether oxygens (including phenoxy) is 1. The number of nitrogens with zero attached hydrogens (tertiary/aromatic N) is 2. The van der Waals surface area contributed by atoms with Crippen molar-refractivity contribution in [3.63, 3.8) is 0 Å². The number of aliphatic hydroxyl groups is 1. The molecule has 0 bridgehead atoms. The third kappa shape index (κ3) is 5.56. The summed E-state index contributed by atoms with van der Waals surface area (Å²) >= 11 is 0. The summed E-state index contributed by atoms with van der Waals surface area (Å²) < 4.78 is 67.9. The van der Waals surface area contributed by atoms with Gasteiger partial charge in [0.15, 0.2) is 0 Å². The number of hydrogen-bond donors (Lipinski definition) is 1. The van der Waals surface area contributed by atoms with Crippen LogP contribution in [0.1, 0.15) is 13.8 Å². The fourth-order valence-corrected chi connectivity index (χ4v) is 4.22. The summed E-state index contributed by atoms with van der Waals surface area (Å²) in [6, 6.07) is 4.70. The van der Waals surface area contributed by atoms with Crippen molar-refractivity contribution >= 4 is 10.0 Å². The molecule has 1 aliphatic heterocycles. The Hall–Kier alpha value is -1.36. The van der Waals surface area contributed by atoms with Gasteiger partial charge in [-0.05, 0) is 26.0 Å². The van der Waals surface area contributed by atoms with Crippen molar-refractivity contribution < 1.29 is 31.4 Å². The van der Waals surface area contributed by atoms with E-state index in [4.69, 9.17) is 0 Å². The zero-order chi connectivity index (χ0) is 18.9. The molecule has 25 heavy (non-hydrogen) atoms. The predicted octanol–water partition coefficient (Wildman–Crippen LogP) is 1.66. The van der Waals surface area contributed by atoms with Crippen molar-refractivity contribution in [2.45, 2.75) is 30.7 Å². The topological polar surface area (TPSA) is 70.1 Å². The average Bonchev–Trinajstić information content (AvgIpc) is 2.45. The Morgan fingerprint density at radius 3 is 2.20 bits per heavy atom. The second-order valence-corrected chi connectivity index (χ2v) is 8.39. The first-order valence-electron chi connectivity index (χ1n) is 7.68. The van der Waals surface area contributed by atoms with Crippen molar-refractivity contribution in [1.29, 1.82) is 0 Å². The molecule has 0 aliphatic carbocycles. The molecule has 0 amide bonds. The number of benzene rings is 1. The molecule has 0 spiro atoms. The van der Waals surface area contributed by atoms with E-state index in [9.17, 15) is 26.7 Å². The summed E-state index contributed by atoms with van der Waals surface area (Å²) in [4.78, 5) is 1.40. The van der Waals surface area contributed by atoms with Gasteiger partial charge in [0.05, 0.1) is 5.60 Å². The first-order chi connectivity index (χ1) is 11.4. The molecular formula is C15H21F3N2O4S. The molecule has 1 heterocycles. The molecule has 0 saturated carbocycles. The van der Waals surface area contributed by atoms with E-state index in [-0.39, 0.29) is 13.1 Å². The summed E-state index contributed by atoms with van der Waals surface area (Å²) in [5.41, 5.74) is -0.909. The van der Waals surface area contributed by atoms with Crippen LogP contribution in [0, 0.1) is 0 Å². The summed E-state index contributed by atoms with van der Waals surface area (Å²) in [7, 11) is -4.11. The minimum Gasteiger partial charge on any atom is -0.404 e. The molecule has 1 aromatic carbocycles. The highest BCUT2D eigenvalue weighted by Gasteiger charge is 2.36. The Morgan fingerprint density at radius 1 is 1.12 bits per heavy atom. The van der Waals surface area contributed by atoms with Gasteiger partial charge in [0.25, 0.3) is 0 Å². The highest BCUT2D eigenvalue weighted by molar-refractivity contribution is 7.89. The average molecular weight is 382 g/mol. The Bertz CT molecular complexity index is 693. The third-order valence-corrected chi connectivity index (χ3v) is 5.57. The number of halogens is 3. The van der Waals surface area contributed by atoms with Crippen LogP contribution in [0.15, 0.2) is 29.2 Å². The van der Waals surface area contributed by atoms with Gasteiger partial charge in [-0.2, -0.15) is 4.31 Å². The van der Waals surface area contributed by atoms with E-state index >= 15 is 0 Å². The number of β-amino-alcohol motifs (C(OH)–C–C–N with tert-alkyl or cyclic N) is 1. The minimum absolute atomic E-state index is 0.124. The van der Waals surface area contributed by atoms with E-state index in [0.717, 1.165) is 16.4 Å². The molecule has 0 radical (unpaired) electrons. The van der Waals surface area contributed by atoms with E-state index in [0.29, 0.717) is 19.6 Å². The Labute approximate surface area is 144 Å². The number of sulfonamides is 1. The molecule has 142 valence electrons. The van der Waals surface area contributed by atoms with Crippen LogP contribution < -0.4 is 4.74 Å². The predicted molar refractivity (Wildman–Crippen MR) is 84.6 cm³/mol. The molecule has 1 aliphatic rings. The standard InChI is InChI=1S/C15H21F3N2O4S/c1-14(2,21)11-19-7-9-20(10-8-19)25(22,23)13-6-4-3-5-12(13)24-15(16,17)18/h3-6,21H,7-11H2,1-2H3. The van der Waals surface area contributed by atoms with Crippen LogP contribution in [0.4, 0.5) is 13.2 Å². The van der Waals surface area contributed by atoms with Gasteiger partial charge in [-0.1, -0.05) is 12.1 Å². The molecule has 1 fully saturated rings. The van der Waals surface area contributed by atoms with Crippen LogP contribution in [0.2, 0.25) is 0 Å². The van der Waals surface area contributed by atoms with Crippen LogP contribution in [-0.2, 0) is 10.0 Å². The first kappa shape index (κ1) is 20.0.